The van der Waals surface area contributed by atoms with Crippen molar-refractivity contribution in [2.24, 2.45) is 0 Å². The molecule has 0 bridgehead atoms. The number of amides is 1. The van der Waals surface area contributed by atoms with Crippen molar-refractivity contribution in [2.75, 3.05) is 20.2 Å². The van der Waals surface area contributed by atoms with Crippen LogP contribution in [0, 0.1) is 0 Å². The summed E-state index contributed by atoms with van der Waals surface area (Å²) >= 11 is 0. The number of piperidine rings is 1. The van der Waals surface area contributed by atoms with Crippen LogP contribution < -0.4 is 4.74 Å². The largest absolute Gasteiger partial charge is 0.497 e. The summed E-state index contributed by atoms with van der Waals surface area (Å²) < 4.78 is 9.24. The van der Waals surface area contributed by atoms with Crippen molar-refractivity contribution >= 4 is 16.8 Å². The number of nitrogens with zero attached hydrogens (tertiary/aromatic N) is 4. The number of methoxy groups -OCH3 is 1. The van der Waals surface area contributed by atoms with E-state index in [4.69, 9.17) is 4.74 Å². The summed E-state index contributed by atoms with van der Waals surface area (Å²) in [7, 11) is 1.66. The molecule has 130 valence electrons. The first kappa shape index (κ1) is 15.7. The van der Waals surface area contributed by atoms with Gasteiger partial charge < -0.3 is 14.2 Å². The van der Waals surface area contributed by atoms with Crippen molar-refractivity contribution in [3.8, 4) is 5.75 Å². The van der Waals surface area contributed by atoms with Crippen LogP contribution in [-0.4, -0.2) is 45.4 Å². The molecule has 0 aliphatic carbocycles. The SMILES string of the molecule is COc1ccc2c(ccn2CC(=O)N2CCC[C@@H](n3cccn3)C2)c1. The lowest BCUT2D eigenvalue weighted by Gasteiger charge is -2.33. The summed E-state index contributed by atoms with van der Waals surface area (Å²) in [5, 5.41) is 5.41. The Morgan fingerprint density at radius 1 is 1.32 bits per heavy atom. The van der Waals surface area contributed by atoms with Gasteiger partial charge in [0.2, 0.25) is 5.91 Å². The highest BCUT2D eigenvalue weighted by Gasteiger charge is 2.25. The summed E-state index contributed by atoms with van der Waals surface area (Å²) in [4.78, 5) is 14.8. The van der Waals surface area contributed by atoms with E-state index in [9.17, 15) is 4.79 Å². The molecule has 1 fully saturated rings. The van der Waals surface area contributed by atoms with E-state index in [1.807, 2.05) is 56.9 Å². The van der Waals surface area contributed by atoms with Crippen LogP contribution in [0.4, 0.5) is 0 Å². The first-order valence-corrected chi connectivity index (χ1v) is 8.64. The van der Waals surface area contributed by atoms with Gasteiger partial charge in [-0.3, -0.25) is 9.48 Å². The molecule has 6 heteroatoms. The fraction of sp³-hybridized carbons (Fsp3) is 0.368. The standard InChI is InChI=1S/C19H22N4O2/c1-25-17-5-6-18-15(12-17)7-11-21(18)14-19(24)22-9-2-4-16(13-22)23-10-3-8-20-23/h3,5-8,10-12,16H,2,4,9,13-14H2,1H3/t16-/m1/s1. The Balaban J connectivity index is 1.48. The number of carbonyl (C=O) groups excluding carboxylic acids is 1. The minimum Gasteiger partial charge on any atom is -0.497 e. The average Bonchev–Trinajstić information content (AvgIpc) is 3.32. The Labute approximate surface area is 146 Å². The number of ether oxygens (including phenoxy) is 1. The second-order valence-corrected chi connectivity index (χ2v) is 6.49. The van der Waals surface area contributed by atoms with E-state index in [-0.39, 0.29) is 11.9 Å². The minimum atomic E-state index is 0.158. The van der Waals surface area contributed by atoms with E-state index >= 15 is 0 Å². The fourth-order valence-corrected chi connectivity index (χ4v) is 3.58. The van der Waals surface area contributed by atoms with Gasteiger partial charge in [-0.1, -0.05) is 0 Å². The molecule has 25 heavy (non-hydrogen) atoms. The Hall–Kier alpha value is -2.76. The van der Waals surface area contributed by atoms with Crippen molar-refractivity contribution in [3.05, 3.63) is 48.9 Å². The monoisotopic (exact) mass is 338 g/mol. The number of likely N-dealkylation sites (tertiary alicyclic amines) is 1. The Kier molecular flexibility index (Phi) is 4.17. The van der Waals surface area contributed by atoms with Crippen LogP contribution in [0.15, 0.2) is 48.9 Å². The van der Waals surface area contributed by atoms with Gasteiger partial charge in [0, 0.05) is 42.6 Å². The van der Waals surface area contributed by atoms with Gasteiger partial charge in [-0.05, 0) is 43.2 Å². The molecule has 1 aliphatic rings. The molecule has 1 atom stereocenters. The van der Waals surface area contributed by atoms with Gasteiger partial charge in [0.05, 0.1) is 13.2 Å². The second-order valence-electron chi connectivity index (χ2n) is 6.49. The number of rotatable bonds is 4. The van der Waals surface area contributed by atoms with Crippen LogP contribution >= 0.6 is 0 Å². The van der Waals surface area contributed by atoms with E-state index in [1.165, 1.54) is 0 Å². The van der Waals surface area contributed by atoms with Crippen LogP contribution in [0.1, 0.15) is 18.9 Å². The van der Waals surface area contributed by atoms with Crippen molar-refractivity contribution in [3.63, 3.8) is 0 Å². The van der Waals surface area contributed by atoms with Gasteiger partial charge in [-0.2, -0.15) is 5.10 Å². The Morgan fingerprint density at radius 3 is 3.04 bits per heavy atom. The topological polar surface area (TPSA) is 52.3 Å². The van der Waals surface area contributed by atoms with Gasteiger partial charge >= 0.3 is 0 Å². The van der Waals surface area contributed by atoms with Gasteiger partial charge in [0.15, 0.2) is 0 Å². The number of fused-ring (bicyclic) bond motifs is 1. The van der Waals surface area contributed by atoms with E-state index in [0.717, 1.165) is 42.6 Å². The molecule has 3 heterocycles. The zero-order valence-electron chi connectivity index (χ0n) is 14.3. The second kappa shape index (κ2) is 6.63. The third kappa shape index (κ3) is 3.12. The fourth-order valence-electron chi connectivity index (χ4n) is 3.58. The maximum atomic E-state index is 12.8. The number of hydrogen-bond donors (Lipinski definition) is 0. The molecule has 0 radical (unpaired) electrons. The lowest BCUT2D eigenvalue weighted by molar-refractivity contribution is -0.133. The third-order valence-electron chi connectivity index (χ3n) is 4.93. The maximum Gasteiger partial charge on any atom is 0.242 e. The predicted octanol–water partition coefficient (Wildman–Crippen LogP) is 2.71. The highest BCUT2D eigenvalue weighted by Crippen LogP contribution is 2.23. The highest BCUT2D eigenvalue weighted by molar-refractivity contribution is 5.84. The molecule has 1 amide bonds. The van der Waals surface area contributed by atoms with Crippen molar-refractivity contribution in [1.29, 1.82) is 0 Å². The van der Waals surface area contributed by atoms with E-state index in [0.29, 0.717) is 6.54 Å². The summed E-state index contributed by atoms with van der Waals surface area (Å²) in [6.45, 7) is 1.92. The smallest absolute Gasteiger partial charge is 0.242 e. The summed E-state index contributed by atoms with van der Waals surface area (Å²) in [6, 6.07) is 10.2. The Morgan fingerprint density at radius 2 is 2.24 bits per heavy atom. The number of aromatic nitrogens is 3. The first-order valence-electron chi connectivity index (χ1n) is 8.64. The van der Waals surface area contributed by atoms with Crippen molar-refractivity contribution in [1.82, 2.24) is 19.2 Å². The molecule has 3 aromatic rings. The molecule has 1 aromatic carbocycles. The molecule has 1 saturated heterocycles. The quantitative estimate of drug-likeness (QED) is 0.735. The van der Waals surface area contributed by atoms with Gasteiger partial charge in [-0.15, -0.1) is 0 Å². The molecule has 0 unspecified atom stereocenters. The van der Waals surface area contributed by atoms with Crippen molar-refractivity contribution in [2.45, 2.75) is 25.4 Å². The lowest BCUT2D eigenvalue weighted by atomic mass is 10.1. The summed E-state index contributed by atoms with van der Waals surface area (Å²) in [5.41, 5.74) is 1.05. The molecule has 0 N–H and O–H groups in total. The minimum absolute atomic E-state index is 0.158. The first-order chi connectivity index (χ1) is 12.2. The van der Waals surface area contributed by atoms with E-state index in [2.05, 4.69) is 5.10 Å². The zero-order chi connectivity index (χ0) is 17.2. The molecule has 0 spiro atoms. The van der Waals surface area contributed by atoms with Crippen molar-refractivity contribution < 1.29 is 9.53 Å². The normalized spacial score (nSPS) is 17.8. The Bertz CT molecular complexity index is 869. The molecular formula is C19H22N4O2. The van der Waals surface area contributed by atoms with E-state index < -0.39 is 0 Å². The lowest BCUT2D eigenvalue weighted by Crippen LogP contribution is -2.42. The van der Waals surface area contributed by atoms with Crippen LogP contribution in [0.2, 0.25) is 0 Å². The molecule has 4 rings (SSSR count). The van der Waals surface area contributed by atoms with Crippen LogP contribution in [0.3, 0.4) is 0 Å². The summed E-state index contributed by atoms with van der Waals surface area (Å²) in [6.07, 6.45) is 7.82. The molecular weight excluding hydrogens is 316 g/mol. The third-order valence-corrected chi connectivity index (χ3v) is 4.93. The maximum absolute atomic E-state index is 12.8. The van der Waals surface area contributed by atoms with Crippen LogP contribution in [0.25, 0.3) is 10.9 Å². The highest BCUT2D eigenvalue weighted by atomic mass is 16.5. The molecule has 6 nitrogen and oxygen atoms in total. The molecule has 2 aromatic heterocycles. The average molecular weight is 338 g/mol. The predicted molar refractivity (Wildman–Crippen MR) is 95.6 cm³/mol. The van der Waals surface area contributed by atoms with Gasteiger partial charge in [-0.25, -0.2) is 0 Å². The number of carbonyl (C=O) groups is 1. The van der Waals surface area contributed by atoms with Gasteiger partial charge in [0.25, 0.3) is 0 Å². The summed E-state index contributed by atoms with van der Waals surface area (Å²) in [5.74, 6) is 0.986. The number of hydrogen-bond acceptors (Lipinski definition) is 3. The molecule has 1 aliphatic heterocycles. The molecule has 0 saturated carbocycles. The van der Waals surface area contributed by atoms with Gasteiger partial charge in [0.1, 0.15) is 12.3 Å². The zero-order valence-corrected chi connectivity index (χ0v) is 14.3. The van der Waals surface area contributed by atoms with Crippen LogP contribution in [-0.2, 0) is 11.3 Å². The van der Waals surface area contributed by atoms with E-state index in [1.54, 1.807) is 13.3 Å². The van der Waals surface area contributed by atoms with Crippen LogP contribution in [0.5, 0.6) is 5.75 Å². The number of benzene rings is 1.